The van der Waals surface area contributed by atoms with Crippen LogP contribution < -0.4 is 0 Å². The maximum atomic E-state index is 11.3. The number of aliphatic carboxylic acids is 1. The molecule has 2 nitrogen and oxygen atoms in total. The minimum Gasteiger partial charge on any atom is -0.481 e. The first-order valence-electron chi connectivity index (χ1n) is 6.02. The average Bonchev–Trinajstić information content (AvgIpc) is 2.27. The predicted molar refractivity (Wildman–Crippen MR) is 73.2 cm³/mol. The topological polar surface area (TPSA) is 37.3 Å². The molecule has 3 heteroatoms. The van der Waals surface area contributed by atoms with Crippen molar-refractivity contribution in [2.24, 2.45) is 5.92 Å². The highest BCUT2D eigenvalue weighted by atomic mass is 79.9. The number of hydrogen-bond donors (Lipinski definition) is 1. The Morgan fingerprint density at radius 3 is 2.41 bits per heavy atom. The highest BCUT2D eigenvalue weighted by Gasteiger charge is 2.21. The summed E-state index contributed by atoms with van der Waals surface area (Å²) in [5.74, 6) is -0.662. The van der Waals surface area contributed by atoms with Crippen LogP contribution in [0.5, 0.6) is 0 Å². The van der Waals surface area contributed by atoms with Gasteiger partial charge in [0.2, 0.25) is 0 Å². The Balaban J connectivity index is 2.79. The van der Waals surface area contributed by atoms with Gasteiger partial charge in [-0.2, -0.15) is 0 Å². The molecule has 0 amide bonds. The fourth-order valence-electron chi connectivity index (χ4n) is 2.09. The fourth-order valence-corrected chi connectivity index (χ4v) is 2.35. The van der Waals surface area contributed by atoms with Gasteiger partial charge in [0.05, 0.1) is 5.92 Å². The second-order valence-electron chi connectivity index (χ2n) is 4.57. The summed E-state index contributed by atoms with van der Waals surface area (Å²) in [5, 5.41) is 9.30. The van der Waals surface area contributed by atoms with Gasteiger partial charge in [0.1, 0.15) is 0 Å². The molecule has 0 aliphatic carbocycles. The molecule has 0 bridgehead atoms. The molecule has 0 radical (unpaired) electrons. The predicted octanol–water partition coefficient (Wildman–Crippen LogP) is 4.44. The Hall–Kier alpha value is -0.830. The number of hydrogen-bond acceptors (Lipinski definition) is 1. The Bertz CT molecular complexity index is 359. The van der Waals surface area contributed by atoms with E-state index >= 15 is 0 Å². The molecule has 0 saturated heterocycles. The lowest BCUT2D eigenvalue weighted by Crippen LogP contribution is -2.15. The van der Waals surface area contributed by atoms with Gasteiger partial charge >= 0.3 is 5.97 Å². The lowest BCUT2D eigenvalue weighted by molar-refractivity contribution is -0.139. The number of halogens is 1. The van der Waals surface area contributed by atoms with Crippen LogP contribution >= 0.6 is 15.9 Å². The van der Waals surface area contributed by atoms with Gasteiger partial charge in [-0.15, -0.1) is 0 Å². The van der Waals surface area contributed by atoms with E-state index in [2.05, 4.69) is 29.8 Å². The lowest BCUT2D eigenvalue weighted by Gasteiger charge is -2.17. The normalized spacial score (nSPS) is 14.3. The quantitative estimate of drug-likeness (QED) is 0.843. The average molecular weight is 299 g/mol. The van der Waals surface area contributed by atoms with Crippen LogP contribution in [0.1, 0.15) is 44.6 Å². The van der Waals surface area contributed by atoms with E-state index in [1.807, 2.05) is 24.3 Å². The number of benzene rings is 1. The van der Waals surface area contributed by atoms with Crippen molar-refractivity contribution in [1.82, 2.24) is 0 Å². The second kappa shape index (κ2) is 6.80. The molecule has 2 unspecified atom stereocenters. The fraction of sp³-hybridized carbons (Fsp3) is 0.500. The van der Waals surface area contributed by atoms with Crippen molar-refractivity contribution in [2.75, 3.05) is 0 Å². The van der Waals surface area contributed by atoms with Crippen molar-refractivity contribution >= 4 is 21.9 Å². The molecule has 17 heavy (non-hydrogen) atoms. The molecule has 0 spiro atoms. The van der Waals surface area contributed by atoms with Crippen LogP contribution in [-0.4, -0.2) is 11.1 Å². The van der Waals surface area contributed by atoms with Gasteiger partial charge < -0.3 is 5.11 Å². The Kier molecular flexibility index (Phi) is 5.69. The summed E-state index contributed by atoms with van der Waals surface area (Å²) < 4.78 is 0.979. The molecule has 0 aliphatic rings. The Labute approximate surface area is 111 Å². The van der Waals surface area contributed by atoms with Gasteiger partial charge in [-0.05, 0) is 30.0 Å². The van der Waals surface area contributed by atoms with Crippen molar-refractivity contribution in [3.05, 3.63) is 34.3 Å². The van der Waals surface area contributed by atoms with Crippen molar-refractivity contribution in [2.45, 2.75) is 39.0 Å². The Morgan fingerprint density at radius 2 is 1.94 bits per heavy atom. The third-order valence-electron chi connectivity index (χ3n) is 2.99. The van der Waals surface area contributed by atoms with Gasteiger partial charge in [0.25, 0.3) is 0 Å². The molecule has 0 aliphatic heterocycles. The van der Waals surface area contributed by atoms with Gasteiger partial charge in [-0.3, -0.25) is 4.79 Å². The molecule has 1 aromatic rings. The summed E-state index contributed by atoms with van der Waals surface area (Å²) in [7, 11) is 0. The molecule has 0 aromatic heterocycles. The number of carbonyl (C=O) groups is 1. The first-order valence-corrected chi connectivity index (χ1v) is 6.82. The number of carboxylic acid groups (broad SMARTS) is 1. The minimum absolute atomic E-state index is 0.385. The van der Waals surface area contributed by atoms with Crippen LogP contribution in [-0.2, 0) is 4.79 Å². The minimum atomic E-state index is -0.727. The summed E-state index contributed by atoms with van der Waals surface area (Å²) >= 11 is 3.36. The van der Waals surface area contributed by atoms with E-state index in [1.54, 1.807) is 0 Å². The lowest BCUT2D eigenvalue weighted by atomic mass is 9.88. The monoisotopic (exact) mass is 298 g/mol. The van der Waals surface area contributed by atoms with E-state index in [9.17, 15) is 9.90 Å². The SMILES string of the molecule is CCCC(C)CC(C(=O)O)c1ccc(Br)cc1. The Morgan fingerprint density at radius 1 is 1.35 bits per heavy atom. The smallest absolute Gasteiger partial charge is 0.310 e. The number of rotatable bonds is 6. The van der Waals surface area contributed by atoms with E-state index in [0.29, 0.717) is 12.3 Å². The highest BCUT2D eigenvalue weighted by Crippen LogP contribution is 2.27. The van der Waals surface area contributed by atoms with Crippen LogP contribution in [0.3, 0.4) is 0 Å². The third-order valence-corrected chi connectivity index (χ3v) is 3.52. The van der Waals surface area contributed by atoms with Crippen LogP contribution in [0.25, 0.3) is 0 Å². The molecule has 1 rings (SSSR count). The molecule has 94 valence electrons. The van der Waals surface area contributed by atoms with E-state index in [-0.39, 0.29) is 5.92 Å². The largest absolute Gasteiger partial charge is 0.481 e. The van der Waals surface area contributed by atoms with Gasteiger partial charge in [-0.1, -0.05) is 54.8 Å². The maximum absolute atomic E-state index is 11.3. The molecule has 0 saturated carbocycles. The molecular formula is C14H19BrO2. The number of carboxylic acids is 1. The van der Waals surface area contributed by atoms with Gasteiger partial charge in [0.15, 0.2) is 0 Å². The first-order chi connectivity index (χ1) is 8.04. The van der Waals surface area contributed by atoms with Crippen LogP contribution in [0.4, 0.5) is 0 Å². The summed E-state index contributed by atoms with van der Waals surface area (Å²) in [6, 6.07) is 7.58. The zero-order chi connectivity index (χ0) is 12.8. The van der Waals surface area contributed by atoms with Crippen LogP contribution in [0.15, 0.2) is 28.7 Å². The van der Waals surface area contributed by atoms with E-state index in [1.165, 1.54) is 0 Å². The zero-order valence-corrected chi connectivity index (χ0v) is 11.9. The van der Waals surface area contributed by atoms with E-state index in [4.69, 9.17) is 0 Å². The highest BCUT2D eigenvalue weighted by molar-refractivity contribution is 9.10. The first kappa shape index (κ1) is 14.2. The van der Waals surface area contributed by atoms with Crippen molar-refractivity contribution < 1.29 is 9.90 Å². The summed E-state index contributed by atoms with van der Waals surface area (Å²) in [6.07, 6.45) is 2.90. The molecule has 1 aromatic carbocycles. The second-order valence-corrected chi connectivity index (χ2v) is 5.49. The van der Waals surface area contributed by atoms with Crippen molar-refractivity contribution in [3.63, 3.8) is 0 Å². The standard InChI is InChI=1S/C14H19BrO2/c1-3-4-10(2)9-13(14(16)17)11-5-7-12(15)8-6-11/h5-8,10,13H,3-4,9H2,1-2H3,(H,16,17). The molecule has 0 fully saturated rings. The van der Waals surface area contributed by atoms with Gasteiger partial charge in [0, 0.05) is 4.47 Å². The molecule has 0 heterocycles. The third kappa shape index (κ3) is 4.50. The summed E-state index contributed by atoms with van der Waals surface area (Å²) in [5.41, 5.74) is 0.892. The van der Waals surface area contributed by atoms with Crippen LogP contribution in [0.2, 0.25) is 0 Å². The summed E-state index contributed by atoms with van der Waals surface area (Å²) in [6.45, 7) is 4.25. The molecule has 2 atom stereocenters. The van der Waals surface area contributed by atoms with Crippen LogP contribution in [0, 0.1) is 5.92 Å². The molecular weight excluding hydrogens is 280 g/mol. The zero-order valence-electron chi connectivity index (χ0n) is 10.3. The summed E-state index contributed by atoms with van der Waals surface area (Å²) in [4.78, 5) is 11.3. The van der Waals surface area contributed by atoms with E-state index in [0.717, 1.165) is 22.9 Å². The van der Waals surface area contributed by atoms with E-state index < -0.39 is 5.97 Å². The molecule has 1 N–H and O–H groups in total. The van der Waals surface area contributed by atoms with Crippen molar-refractivity contribution in [3.8, 4) is 0 Å². The van der Waals surface area contributed by atoms with Gasteiger partial charge in [-0.25, -0.2) is 0 Å². The van der Waals surface area contributed by atoms with Crippen molar-refractivity contribution in [1.29, 1.82) is 0 Å². The maximum Gasteiger partial charge on any atom is 0.310 e.